The summed E-state index contributed by atoms with van der Waals surface area (Å²) in [5.41, 5.74) is -0.471. The predicted molar refractivity (Wildman–Crippen MR) is 264 cm³/mol. The van der Waals surface area contributed by atoms with Gasteiger partial charge in [-0.1, -0.05) is 41.5 Å². The predicted octanol–water partition coefficient (Wildman–Crippen LogP) is 7.42. The number of nitrogens with zero attached hydrogens (tertiary/aromatic N) is 2. The standard InChI is InChI=1S/C51H78N2O13S2/c1-11-51(9,48(60)65-28-36(54)30-67)25-33(3)45(57)62-19-20-63-47(59)50(7,8)24-32(2)46(58)64-29-37(55)31-68-21-16-35-27-53-18-15-34(35)22-42(53)44(66-43(56)26-49(4,5)6)39-14-17-52-41-13-12-38(61-10)23-40(39)41/h12-14,17,23,32-37,42,44,54-55,67H,11,15-16,18-22,24-31H2,1-10H3/t32?,33?,34?,35?,36?,37?,42-,44?,51?/m0/s1. The quantitative estimate of drug-likeness (QED) is 0.0346. The lowest BCUT2D eigenvalue weighted by molar-refractivity contribution is -0.165. The number of fused-ring (bicyclic) bond motifs is 4. The number of carbonyl (C=O) groups excluding carboxylic acids is 5. The molecule has 0 radical (unpaired) electrons. The summed E-state index contributed by atoms with van der Waals surface area (Å²) in [5.74, 6) is -0.627. The topological polar surface area (TPSA) is 197 Å². The van der Waals surface area contributed by atoms with Gasteiger partial charge in [0.2, 0.25) is 0 Å². The fraction of sp³-hybridized carbons (Fsp3) is 0.725. The molecule has 0 saturated carbocycles. The molecular weight excluding hydrogens is 913 g/mol. The molecule has 3 aliphatic rings. The number of thioether (sulfide) groups is 1. The van der Waals surface area contributed by atoms with Crippen LogP contribution in [0.15, 0.2) is 30.5 Å². The Labute approximate surface area is 413 Å². The van der Waals surface area contributed by atoms with E-state index in [0.717, 1.165) is 60.3 Å². The van der Waals surface area contributed by atoms with Crippen LogP contribution in [0.5, 0.6) is 5.75 Å². The number of esters is 5. The van der Waals surface area contributed by atoms with Crippen molar-refractivity contribution < 1.29 is 62.6 Å². The normalized spacial score (nSPS) is 21.4. The Morgan fingerprint density at radius 3 is 2.22 bits per heavy atom. The summed E-state index contributed by atoms with van der Waals surface area (Å²) in [5, 5.41) is 21.3. The van der Waals surface area contributed by atoms with E-state index >= 15 is 0 Å². The third kappa shape index (κ3) is 16.8. The largest absolute Gasteiger partial charge is 0.497 e. The number of methoxy groups -OCH3 is 1. The van der Waals surface area contributed by atoms with Crippen LogP contribution in [0.1, 0.15) is 119 Å². The van der Waals surface area contributed by atoms with Gasteiger partial charge in [0.15, 0.2) is 0 Å². The van der Waals surface area contributed by atoms with Crippen LogP contribution in [-0.4, -0.2) is 132 Å². The summed E-state index contributed by atoms with van der Waals surface area (Å²) in [7, 11) is 1.64. The van der Waals surface area contributed by atoms with Crippen molar-refractivity contribution in [3.8, 4) is 5.75 Å². The molecule has 1 aromatic heterocycles. The molecule has 2 N–H and O–H groups in total. The van der Waals surface area contributed by atoms with E-state index in [1.165, 1.54) is 0 Å². The van der Waals surface area contributed by atoms with E-state index in [9.17, 15) is 34.2 Å². The zero-order valence-electron chi connectivity index (χ0n) is 42.0. The number of ether oxygens (including phenoxy) is 6. The lowest BCUT2D eigenvalue weighted by Gasteiger charge is -2.52. The van der Waals surface area contributed by atoms with Crippen LogP contribution in [0.2, 0.25) is 0 Å². The lowest BCUT2D eigenvalue weighted by atomic mass is 9.72. The number of carbonyl (C=O) groups is 5. The smallest absolute Gasteiger partial charge is 0.311 e. The first-order valence-electron chi connectivity index (χ1n) is 24.1. The molecule has 9 unspecified atom stereocenters. The van der Waals surface area contributed by atoms with E-state index in [0.29, 0.717) is 30.4 Å². The average Bonchev–Trinajstić information content (AvgIpc) is 3.30. The molecule has 4 heterocycles. The molecule has 2 bridgehead atoms. The summed E-state index contributed by atoms with van der Waals surface area (Å²) in [4.78, 5) is 71.8. The van der Waals surface area contributed by atoms with Crippen LogP contribution in [0.25, 0.3) is 10.9 Å². The molecule has 3 fully saturated rings. The minimum atomic E-state index is -1.05. The number of piperidine rings is 3. The highest BCUT2D eigenvalue weighted by atomic mass is 32.2. The van der Waals surface area contributed by atoms with Gasteiger partial charge in [-0.25, -0.2) is 0 Å². The van der Waals surface area contributed by atoms with E-state index in [2.05, 4.69) is 22.5 Å². The number of pyridine rings is 1. The molecule has 3 aliphatic heterocycles. The van der Waals surface area contributed by atoms with Crippen LogP contribution in [0.3, 0.4) is 0 Å². The number of thiol groups is 1. The Kier molecular flexibility index (Phi) is 21.8. The zero-order chi connectivity index (χ0) is 50.4. The monoisotopic (exact) mass is 990 g/mol. The summed E-state index contributed by atoms with van der Waals surface area (Å²) < 4.78 is 33.4. The number of aliphatic hydroxyl groups excluding tert-OH is 2. The third-order valence-electron chi connectivity index (χ3n) is 13.3. The second-order valence-corrected chi connectivity index (χ2v) is 22.4. The van der Waals surface area contributed by atoms with Crippen molar-refractivity contribution in [3.05, 3.63) is 36.0 Å². The Morgan fingerprint density at radius 2 is 1.57 bits per heavy atom. The maximum Gasteiger partial charge on any atom is 0.311 e. The Morgan fingerprint density at radius 1 is 0.897 bits per heavy atom. The molecule has 2 aromatic rings. The second-order valence-electron chi connectivity index (χ2n) is 20.9. The van der Waals surface area contributed by atoms with E-state index < -0.39 is 64.9 Å². The second kappa shape index (κ2) is 26.0. The van der Waals surface area contributed by atoms with Crippen molar-refractivity contribution in [2.24, 2.45) is 39.9 Å². The number of aromatic nitrogens is 1. The highest BCUT2D eigenvalue weighted by molar-refractivity contribution is 7.99. The van der Waals surface area contributed by atoms with Crippen LogP contribution in [0.4, 0.5) is 0 Å². The van der Waals surface area contributed by atoms with Crippen molar-refractivity contribution in [1.82, 2.24) is 9.88 Å². The summed E-state index contributed by atoms with van der Waals surface area (Å²) in [6.45, 7) is 17.4. The van der Waals surface area contributed by atoms with Gasteiger partial charge in [-0.05, 0) is 113 Å². The lowest BCUT2D eigenvalue weighted by Crippen LogP contribution is -2.56. The molecule has 10 atom stereocenters. The zero-order valence-corrected chi connectivity index (χ0v) is 43.7. The number of hydrogen-bond acceptors (Lipinski definition) is 17. The molecular formula is C51H78N2O13S2. The van der Waals surface area contributed by atoms with Gasteiger partial charge >= 0.3 is 29.8 Å². The number of hydrogen-bond donors (Lipinski definition) is 3. The van der Waals surface area contributed by atoms with Crippen LogP contribution in [0, 0.1) is 39.9 Å². The molecule has 17 heteroatoms. The van der Waals surface area contributed by atoms with E-state index in [1.54, 1.807) is 59.7 Å². The number of benzene rings is 1. The van der Waals surface area contributed by atoms with Gasteiger partial charge < -0.3 is 38.6 Å². The Hall–Kier alpha value is -3.64. The van der Waals surface area contributed by atoms with Gasteiger partial charge in [0, 0.05) is 35.2 Å². The first kappa shape index (κ1) is 56.9. The minimum absolute atomic E-state index is 0.0291. The van der Waals surface area contributed by atoms with Crippen molar-refractivity contribution >= 4 is 65.1 Å². The average molecular weight is 991 g/mol. The molecule has 15 nitrogen and oxygen atoms in total. The van der Waals surface area contributed by atoms with Crippen molar-refractivity contribution in [2.75, 3.05) is 63.9 Å². The van der Waals surface area contributed by atoms with Gasteiger partial charge in [0.1, 0.15) is 38.3 Å². The maximum atomic E-state index is 13.4. The molecule has 1 aromatic carbocycles. The number of aliphatic hydroxyl groups is 2. The highest BCUT2D eigenvalue weighted by Gasteiger charge is 2.45. The van der Waals surface area contributed by atoms with Gasteiger partial charge in [-0.15, -0.1) is 0 Å². The van der Waals surface area contributed by atoms with Gasteiger partial charge in [0.05, 0.1) is 60.0 Å². The fourth-order valence-corrected chi connectivity index (χ4v) is 10.3. The Balaban J connectivity index is 1.17. The van der Waals surface area contributed by atoms with Crippen molar-refractivity contribution in [3.63, 3.8) is 0 Å². The van der Waals surface area contributed by atoms with Gasteiger partial charge in [-0.2, -0.15) is 24.4 Å². The van der Waals surface area contributed by atoms with Crippen molar-refractivity contribution in [2.45, 2.75) is 132 Å². The van der Waals surface area contributed by atoms with E-state index in [4.69, 9.17) is 28.4 Å². The van der Waals surface area contributed by atoms with Crippen LogP contribution < -0.4 is 4.74 Å². The van der Waals surface area contributed by atoms with Gasteiger partial charge in [0.25, 0.3) is 0 Å². The summed E-state index contributed by atoms with van der Waals surface area (Å²) in [6.07, 6.45) is 3.57. The highest BCUT2D eigenvalue weighted by Crippen LogP contribution is 2.45. The van der Waals surface area contributed by atoms with Gasteiger partial charge in [-0.3, -0.25) is 33.9 Å². The number of rotatable bonds is 27. The van der Waals surface area contributed by atoms with Crippen molar-refractivity contribution in [1.29, 1.82) is 0 Å². The SMILES string of the molecule is CCC(C)(CC(C)C(=O)OCCOC(=O)C(C)(C)CC(C)C(=O)OCC(O)CSCCC1CN2CCC1C[C@H]2C(OC(=O)CC(C)(C)C)c1ccnc2ccc(OC)cc12)C(=O)OCC(O)CS. The van der Waals surface area contributed by atoms with E-state index in [1.807, 2.05) is 52.0 Å². The molecule has 68 heavy (non-hydrogen) atoms. The first-order valence-corrected chi connectivity index (χ1v) is 25.9. The van der Waals surface area contributed by atoms with Crippen LogP contribution >= 0.6 is 24.4 Å². The molecule has 382 valence electrons. The molecule has 0 aliphatic carbocycles. The Bertz CT molecular complexity index is 1990. The third-order valence-corrected chi connectivity index (χ3v) is 14.8. The minimum Gasteiger partial charge on any atom is -0.497 e. The summed E-state index contributed by atoms with van der Waals surface area (Å²) in [6, 6.07) is 7.79. The maximum absolute atomic E-state index is 13.4. The first-order chi connectivity index (χ1) is 32.0. The molecule has 3 saturated heterocycles. The fourth-order valence-electron chi connectivity index (χ4n) is 9.21. The van der Waals surface area contributed by atoms with E-state index in [-0.39, 0.29) is 62.4 Å². The van der Waals surface area contributed by atoms with Crippen LogP contribution in [-0.2, 0) is 47.7 Å². The molecule has 5 rings (SSSR count). The summed E-state index contributed by atoms with van der Waals surface area (Å²) >= 11 is 5.61. The molecule has 0 amide bonds. The molecule has 0 spiro atoms.